The maximum atomic E-state index is 11.6. The molecule has 2 atom stereocenters. The Morgan fingerprint density at radius 1 is 1.35 bits per heavy atom. The van der Waals surface area contributed by atoms with Crippen LogP contribution in [0, 0.1) is 0 Å². The van der Waals surface area contributed by atoms with Crippen LogP contribution >= 0.6 is 23.2 Å². The van der Waals surface area contributed by atoms with Gasteiger partial charge in [-0.05, 0) is 17.7 Å². The van der Waals surface area contributed by atoms with Crippen LogP contribution in [0.25, 0.3) is 0 Å². The van der Waals surface area contributed by atoms with E-state index in [2.05, 4.69) is 5.32 Å². The minimum Gasteiger partial charge on any atom is -0.375 e. The second-order valence-corrected chi connectivity index (χ2v) is 7.99. The average Bonchev–Trinajstić information content (AvgIpc) is 2.56. The Kier molecular flexibility index (Phi) is 5.31. The fourth-order valence-corrected chi connectivity index (χ4v) is 3.56. The highest BCUT2D eigenvalue weighted by Gasteiger charge is 2.29. The van der Waals surface area contributed by atoms with Crippen LogP contribution in [-0.2, 0) is 14.6 Å². The molecular formula is C13H17Cl2NO3S. The van der Waals surface area contributed by atoms with E-state index < -0.39 is 9.84 Å². The normalized spacial score (nSPS) is 24.4. The molecule has 1 N–H and O–H groups in total. The second-order valence-electron chi connectivity index (χ2n) is 4.99. The molecule has 1 aliphatic heterocycles. The van der Waals surface area contributed by atoms with Crippen LogP contribution in [0.1, 0.15) is 11.5 Å². The molecule has 0 saturated carbocycles. The lowest BCUT2D eigenvalue weighted by atomic mass is 9.94. The summed E-state index contributed by atoms with van der Waals surface area (Å²) < 4.78 is 28.8. The molecule has 0 spiro atoms. The van der Waals surface area contributed by atoms with Crippen molar-refractivity contribution in [1.82, 2.24) is 5.32 Å². The van der Waals surface area contributed by atoms with E-state index in [-0.39, 0.29) is 17.8 Å². The van der Waals surface area contributed by atoms with Gasteiger partial charge in [0.15, 0.2) is 0 Å². The molecule has 1 aromatic rings. The number of hydrogen-bond donors (Lipinski definition) is 1. The number of benzene rings is 1. The van der Waals surface area contributed by atoms with Crippen LogP contribution in [0.3, 0.4) is 0 Å². The Labute approximate surface area is 129 Å². The largest absolute Gasteiger partial charge is 0.375 e. The maximum Gasteiger partial charge on any atom is 0.150 e. The lowest BCUT2D eigenvalue weighted by molar-refractivity contribution is 0.0681. The zero-order chi connectivity index (χ0) is 14.8. The van der Waals surface area contributed by atoms with E-state index in [0.717, 1.165) is 5.56 Å². The predicted molar refractivity (Wildman–Crippen MR) is 81.5 cm³/mol. The lowest BCUT2D eigenvalue weighted by Gasteiger charge is -2.24. The molecule has 1 saturated heterocycles. The van der Waals surface area contributed by atoms with Gasteiger partial charge < -0.3 is 10.1 Å². The fourth-order valence-electron chi connectivity index (χ4n) is 2.33. The maximum absolute atomic E-state index is 11.6. The zero-order valence-electron chi connectivity index (χ0n) is 11.1. The minimum atomic E-state index is -3.11. The van der Waals surface area contributed by atoms with Gasteiger partial charge in [-0.2, -0.15) is 0 Å². The van der Waals surface area contributed by atoms with E-state index in [1.165, 1.54) is 6.26 Å². The molecular weight excluding hydrogens is 321 g/mol. The summed E-state index contributed by atoms with van der Waals surface area (Å²) >= 11 is 12.0. The second kappa shape index (κ2) is 6.62. The number of rotatable bonds is 3. The molecule has 4 nitrogen and oxygen atoms in total. The Morgan fingerprint density at radius 3 is 2.75 bits per heavy atom. The molecule has 112 valence electrons. The number of hydrogen-bond acceptors (Lipinski definition) is 4. The van der Waals surface area contributed by atoms with Gasteiger partial charge in [0, 0.05) is 25.3 Å². The first-order chi connectivity index (χ1) is 9.37. The van der Waals surface area contributed by atoms with Gasteiger partial charge in [-0.25, -0.2) is 8.42 Å². The highest BCUT2D eigenvalue weighted by atomic mass is 35.5. The molecule has 0 bridgehead atoms. The first kappa shape index (κ1) is 16.0. The van der Waals surface area contributed by atoms with E-state index in [4.69, 9.17) is 27.9 Å². The summed E-state index contributed by atoms with van der Waals surface area (Å²) in [5, 5.41) is 4.20. The summed E-state index contributed by atoms with van der Waals surface area (Å²) in [7, 11) is -3.11. The molecule has 0 radical (unpaired) electrons. The first-order valence-corrected chi connectivity index (χ1v) is 9.13. The van der Waals surface area contributed by atoms with Gasteiger partial charge in [0.25, 0.3) is 0 Å². The van der Waals surface area contributed by atoms with Crippen molar-refractivity contribution in [3.8, 4) is 0 Å². The molecule has 0 unspecified atom stereocenters. The van der Waals surface area contributed by atoms with Crippen molar-refractivity contribution in [1.29, 1.82) is 0 Å². The third-order valence-electron chi connectivity index (χ3n) is 3.26. The highest BCUT2D eigenvalue weighted by molar-refractivity contribution is 7.90. The number of sulfone groups is 1. The van der Waals surface area contributed by atoms with Crippen molar-refractivity contribution < 1.29 is 13.2 Å². The van der Waals surface area contributed by atoms with E-state index in [0.29, 0.717) is 29.7 Å². The van der Waals surface area contributed by atoms with Gasteiger partial charge in [0.05, 0.1) is 28.5 Å². The van der Waals surface area contributed by atoms with Gasteiger partial charge in [-0.3, -0.25) is 0 Å². The predicted octanol–water partition coefficient (Wildman–Crippen LogP) is 2.11. The third kappa shape index (κ3) is 4.33. The molecule has 0 amide bonds. The monoisotopic (exact) mass is 337 g/mol. The van der Waals surface area contributed by atoms with Gasteiger partial charge in [-0.1, -0.05) is 29.3 Å². The summed E-state index contributed by atoms with van der Waals surface area (Å²) in [4.78, 5) is 0. The SMILES string of the molecule is CS(=O)(=O)C[C@H]1OCCNC[C@H]1c1ccc(Cl)c(Cl)c1. The van der Waals surface area contributed by atoms with Gasteiger partial charge in [0.2, 0.25) is 0 Å². The van der Waals surface area contributed by atoms with E-state index in [1.807, 2.05) is 6.07 Å². The van der Waals surface area contributed by atoms with Crippen molar-refractivity contribution in [3.63, 3.8) is 0 Å². The minimum absolute atomic E-state index is 0.000405. The van der Waals surface area contributed by atoms with Crippen LogP contribution in [0.2, 0.25) is 10.0 Å². The van der Waals surface area contributed by atoms with E-state index in [9.17, 15) is 8.42 Å². The fraction of sp³-hybridized carbons (Fsp3) is 0.538. The molecule has 1 heterocycles. The molecule has 7 heteroatoms. The van der Waals surface area contributed by atoms with Gasteiger partial charge in [0.1, 0.15) is 9.84 Å². The summed E-state index contributed by atoms with van der Waals surface area (Å²) in [6.07, 6.45) is 0.845. The summed E-state index contributed by atoms with van der Waals surface area (Å²) in [6.45, 7) is 1.86. The summed E-state index contributed by atoms with van der Waals surface area (Å²) in [5.41, 5.74) is 0.933. The quantitative estimate of drug-likeness (QED) is 0.917. The van der Waals surface area contributed by atoms with E-state index >= 15 is 0 Å². The van der Waals surface area contributed by atoms with Crippen molar-refractivity contribution in [2.24, 2.45) is 0 Å². The zero-order valence-corrected chi connectivity index (χ0v) is 13.4. The Balaban J connectivity index is 2.29. The van der Waals surface area contributed by atoms with Crippen molar-refractivity contribution >= 4 is 33.0 Å². The topological polar surface area (TPSA) is 55.4 Å². The van der Waals surface area contributed by atoms with Crippen LogP contribution in [0.15, 0.2) is 18.2 Å². The van der Waals surface area contributed by atoms with Gasteiger partial charge in [-0.15, -0.1) is 0 Å². The number of halogens is 2. The number of nitrogens with one attached hydrogen (secondary N) is 1. The first-order valence-electron chi connectivity index (χ1n) is 6.32. The highest BCUT2D eigenvalue weighted by Crippen LogP contribution is 2.30. The van der Waals surface area contributed by atoms with Crippen LogP contribution in [0.5, 0.6) is 0 Å². The molecule has 1 aromatic carbocycles. The standard InChI is InChI=1S/C13H17Cl2NO3S/c1-20(17,18)8-13-10(7-16-4-5-19-13)9-2-3-11(14)12(15)6-9/h2-3,6,10,13,16H,4-5,7-8H2,1H3/t10-,13+/m0/s1. The van der Waals surface area contributed by atoms with Crippen LogP contribution in [0.4, 0.5) is 0 Å². The number of ether oxygens (including phenoxy) is 1. The molecule has 20 heavy (non-hydrogen) atoms. The molecule has 0 aliphatic carbocycles. The Bertz CT molecular complexity index is 577. The molecule has 1 aliphatic rings. The molecule has 2 rings (SSSR count). The van der Waals surface area contributed by atoms with Gasteiger partial charge >= 0.3 is 0 Å². The average molecular weight is 338 g/mol. The van der Waals surface area contributed by atoms with Crippen LogP contribution < -0.4 is 5.32 Å². The van der Waals surface area contributed by atoms with Crippen molar-refractivity contribution in [3.05, 3.63) is 33.8 Å². The smallest absolute Gasteiger partial charge is 0.150 e. The third-order valence-corrected chi connectivity index (χ3v) is 4.94. The Morgan fingerprint density at radius 2 is 2.10 bits per heavy atom. The van der Waals surface area contributed by atoms with E-state index in [1.54, 1.807) is 12.1 Å². The summed E-state index contributed by atoms with van der Waals surface area (Å²) in [6, 6.07) is 5.37. The summed E-state index contributed by atoms with van der Waals surface area (Å²) in [5.74, 6) is -0.0680. The Hall–Kier alpha value is -0.330. The van der Waals surface area contributed by atoms with Crippen LogP contribution in [-0.4, -0.2) is 46.2 Å². The molecule has 1 fully saturated rings. The lowest BCUT2D eigenvalue weighted by Crippen LogP contribution is -2.32. The molecule has 0 aromatic heterocycles. The van der Waals surface area contributed by atoms with Crippen molar-refractivity contribution in [2.45, 2.75) is 12.0 Å². The van der Waals surface area contributed by atoms with Crippen molar-refractivity contribution in [2.75, 3.05) is 31.7 Å².